The van der Waals surface area contributed by atoms with Gasteiger partial charge in [0.1, 0.15) is 6.10 Å². The molecule has 0 aliphatic carbocycles. The molecule has 1 N–H and O–H groups in total. The van der Waals surface area contributed by atoms with E-state index in [1.165, 1.54) is 12.8 Å². The second kappa shape index (κ2) is 3.52. The molecule has 0 radical (unpaired) electrons. The normalized spacial score (nSPS) is 33.3. The molecule has 2 rings (SSSR count). The summed E-state index contributed by atoms with van der Waals surface area (Å²) in [5.41, 5.74) is 0. The fourth-order valence-corrected chi connectivity index (χ4v) is 1.50. The summed E-state index contributed by atoms with van der Waals surface area (Å²) >= 11 is 0. The second-order valence-electron chi connectivity index (χ2n) is 3.26. The van der Waals surface area contributed by atoms with Crippen LogP contribution in [0, 0.1) is 0 Å². The summed E-state index contributed by atoms with van der Waals surface area (Å²) in [7, 11) is 0. The van der Waals surface area contributed by atoms with E-state index in [1.807, 2.05) is 0 Å². The van der Waals surface area contributed by atoms with Gasteiger partial charge < -0.3 is 14.8 Å². The van der Waals surface area contributed by atoms with E-state index in [-0.39, 0.29) is 0 Å². The molecular weight excluding hydrogens is 142 g/mol. The van der Waals surface area contributed by atoms with Crippen molar-refractivity contribution in [1.82, 2.24) is 5.32 Å². The van der Waals surface area contributed by atoms with Gasteiger partial charge in [0.2, 0.25) is 0 Å². The van der Waals surface area contributed by atoms with Gasteiger partial charge in [-0.2, -0.15) is 0 Å². The van der Waals surface area contributed by atoms with Crippen molar-refractivity contribution in [1.29, 1.82) is 0 Å². The maximum absolute atomic E-state index is 5.74. The summed E-state index contributed by atoms with van der Waals surface area (Å²) in [6.07, 6.45) is 3.29. The second-order valence-corrected chi connectivity index (χ2v) is 3.26. The molecule has 0 aromatic heterocycles. The Morgan fingerprint density at radius 2 is 2.18 bits per heavy atom. The minimum atomic E-state index is 0.389. The first-order valence-electron chi connectivity index (χ1n) is 4.39. The lowest BCUT2D eigenvalue weighted by molar-refractivity contribution is -0.157. The van der Waals surface area contributed by atoms with Gasteiger partial charge in [-0.3, -0.25) is 0 Å². The molecule has 3 nitrogen and oxygen atoms in total. The number of ether oxygens (including phenoxy) is 2. The third kappa shape index (κ3) is 1.92. The van der Waals surface area contributed by atoms with Gasteiger partial charge in [0.25, 0.3) is 0 Å². The standard InChI is InChI=1S/C8H15NO2/c1-2-7(4-9-3-1)11-8-5-10-6-8/h7-9H,1-6H2. The van der Waals surface area contributed by atoms with Crippen LogP contribution in [0.15, 0.2) is 0 Å². The molecule has 0 spiro atoms. The van der Waals surface area contributed by atoms with Crippen LogP contribution in [0.25, 0.3) is 0 Å². The number of hydrogen-bond donors (Lipinski definition) is 1. The zero-order chi connectivity index (χ0) is 7.52. The number of nitrogens with one attached hydrogen (secondary N) is 1. The Kier molecular flexibility index (Phi) is 2.41. The van der Waals surface area contributed by atoms with Gasteiger partial charge in [0.15, 0.2) is 0 Å². The smallest absolute Gasteiger partial charge is 0.105 e. The highest BCUT2D eigenvalue weighted by molar-refractivity contribution is 4.73. The van der Waals surface area contributed by atoms with E-state index in [0.717, 1.165) is 26.3 Å². The Bertz CT molecular complexity index is 119. The van der Waals surface area contributed by atoms with Crippen LogP contribution in [0.5, 0.6) is 0 Å². The largest absolute Gasteiger partial charge is 0.376 e. The molecule has 2 fully saturated rings. The molecule has 0 aromatic rings. The molecule has 1 unspecified atom stereocenters. The van der Waals surface area contributed by atoms with E-state index in [4.69, 9.17) is 9.47 Å². The molecule has 0 amide bonds. The molecule has 0 aromatic carbocycles. The topological polar surface area (TPSA) is 30.5 Å². The zero-order valence-corrected chi connectivity index (χ0v) is 6.71. The maximum atomic E-state index is 5.74. The van der Waals surface area contributed by atoms with Crippen LogP contribution in [0.4, 0.5) is 0 Å². The molecule has 2 heterocycles. The fraction of sp³-hybridized carbons (Fsp3) is 1.00. The summed E-state index contributed by atoms with van der Waals surface area (Å²) in [5.74, 6) is 0. The van der Waals surface area contributed by atoms with Crippen molar-refractivity contribution in [3.63, 3.8) is 0 Å². The maximum Gasteiger partial charge on any atom is 0.105 e. The lowest BCUT2D eigenvalue weighted by Gasteiger charge is -2.32. The van der Waals surface area contributed by atoms with E-state index >= 15 is 0 Å². The first-order chi connectivity index (χ1) is 5.45. The van der Waals surface area contributed by atoms with E-state index < -0.39 is 0 Å². The third-order valence-corrected chi connectivity index (χ3v) is 2.24. The minimum absolute atomic E-state index is 0.389. The molecule has 0 bridgehead atoms. The minimum Gasteiger partial charge on any atom is -0.376 e. The Morgan fingerprint density at radius 3 is 2.73 bits per heavy atom. The predicted molar refractivity (Wildman–Crippen MR) is 41.6 cm³/mol. The van der Waals surface area contributed by atoms with Gasteiger partial charge in [-0.25, -0.2) is 0 Å². The van der Waals surface area contributed by atoms with Gasteiger partial charge in [-0.1, -0.05) is 0 Å². The first-order valence-corrected chi connectivity index (χ1v) is 4.39. The van der Waals surface area contributed by atoms with Crippen molar-refractivity contribution in [2.45, 2.75) is 25.0 Å². The van der Waals surface area contributed by atoms with Gasteiger partial charge in [0, 0.05) is 6.54 Å². The summed E-state index contributed by atoms with van der Waals surface area (Å²) in [4.78, 5) is 0. The number of rotatable bonds is 2. The summed E-state index contributed by atoms with van der Waals surface area (Å²) < 4.78 is 10.8. The van der Waals surface area contributed by atoms with Gasteiger partial charge in [-0.15, -0.1) is 0 Å². The molecule has 2 saturated heterocycles. The summed E-state index contributed by atoms with van der Waals surface area (Å²) in [6, 6.07) is 0. The highest BCUT2D eigenvalue weighted by atomic mass is 16.6. The monoisotopic (exact) mass is 157 g/mol. The van der Waals surface area contributed by atoms with Crippen LogP contribution in [0.2, 0.25) is 0 Å². The Morgan fingerprint density at radius 1 is 1.27 bits per heavy atom. The van der Waals surface area contributed by atoms with Crippen molar-refractivity contribution in [2.75, 3.05) is 26.3 Å². The van der Waals surface area contributed by atoms with Crippen LogP contribution < -0.4 is 5.32 Å². The van der Waals surface area contributed by atoms with Gasteiger partial charge in [-0.05, 0) is 19.4 Å². The van der Waals surface area contributed by atoms with Crippen LogP contribution in [0.3, 0.4) is 0 Å². The average Bonchev–Trinajstić information content (AvgIpc) is 1.99. The highest BCUT2D eigenvalue weighted by Crippen LogP contribution is 2.13. The third-order valence-electron chi connectivity index (χ3n) is 2.24. The molecule has 64 valence electrons. The average molecular weight is 157 g/mol. The first kappa shape index (κ1) is 7.53. The molecule has 3 heteroatoms. The van der Waals surface area contributed by atoms with Crippen molar-refractivity contribution >= 4 is 0 Å². The lowest BCUT2D eigenvalue weighted by atomic mass is 10.1. The molecule has 1 atom stereocenters. The highest BCUT2D eigenvalue weighted by Gasteiger charge is 2.24. The Labute approximate surface area is 67.1 Å². The van der Waals surface area contributed by atoms with Gasteiger partial charge in [0.05, 0.1) is 19.3 Å². The summed E-state index contributed by atoms with van der Waals surface area (Å²) in [5, 5.41) is 3.32. The Balaban J connectivity index is 1.67. The fourth-order valence-electron chi connectivity index (χ4n) is 1.50. The zero-order valence-electron chi connectivity index (χ0n) is 6.71. The lowest BCUT2D eigenvalue weighted by Crippen LogP contribution is -2.44. The van der Waals surface area contributed by atoms with Gasteiger partial charge >= 0.3 is 0 Å². The van der Waals surface area contributed by atoms with E-state index in [0.29, 0.717) is 12.2 Å². The Hall–Kier alpha value is -0.120. The van der Waals surface area contributed by atoms with E-state index in [2.05, 4.69) is 5.32 Å². The summed E-state index contributed by atoms with van der Waals surface area (Å²) in [6.45, 7) is 3.78. The molecular formula is C8H15NO2. The van der Waals surface area contributed by atoms with Crippen LogP contribution in [0.1, 0.15) is 12.8 Å². The number of hydrogen-bond acceptors (Lipinski definition) is 3. The quantitative estimate of drug-likeness (QED) is 0.619. The van der Waals surface area contributed by atoms with Crippen molar-refractivity contribution in [3.8, 4) is 0 Å². The van der Waals surface area contributed by atoms with Crippen LogP contribution in [-0.2, 0) is 9.47 Å². The van der Waals surface area contributed by atoms with Crippen molar-refractivity contribution < 1.29 is 9.47 Å². The van der Waals surface area contributed by atoms with Crippen molar-refractivity contribution in [2.24, 2.45) is 0 Å². The molecule has 2 aliphatic heterocycles. The molecule has 0 saturated carbocycles. The SMILES string of the molecule is C1CNCC(OC2COC2)C1. The van der Waals surface area contributed by atoms with Crippen molar-refractivity contribution in [3.05, 3.63) is 0 Å². The molecule has 11 heavy (non-hydrogen) atoms. The van der Waals surface area contributed by atoms with Crippen LogP contribution >= 0.6 is 0 Å². The van der Waals surface area contributed by atoms with Crippen LogP contribution in [-0.4, -0.2) is 38.5 Å². The van der Waals surface area contributed by atoms with E-state index in [1.54, 1.807) is 0 Å². The van der Waals surface area contributed by atoms with E-state index in [9.17, 15) is 0 Å². The number of piperidine rings is 1. The predicted octanol–water partition coefficient (Wildman–Crippen LogP) is 0.154. The molecule has 2 aliphatic rings.